The summed E-state index contributed by atoms with van der Waals surface area (Å²) < 4.78 is 5.21. The van der Waals surface area contributed by atoms with Crippen molar-refractivity contribution in [3.63, 3.8) is 0 Å². The van der Waals surface area contributed by atoms with Crippen molar-refractivity contribution in [2.75, 3.05) is 26.3 Å². The predicted molar refractivity (Wildman–Crippen MR) is 63.7 cm³/mol. The van der Waals surface area contributed by atoms with Gasteiger partial charge in [0.25, 0.3) is 0 Å². The molecule has 4 nitrogen and oxygen atoms in total. The predicted octanol–water partition coefficient (Wildman–Crippen LogP) is 1.85. The molecule has 1 saturated heterocycles. The normalized spacial score (nSPS) is 18.2. The van der Waals surface area contributed by atoms with Gasteiger partial charge in [-0.3, -0.25) is 0 Å². The van der Waals surface area contributed by atoms with Gasteiger partial charge in [0.15, 0.2) is 0 Å². The second-order valence-corrected chi connectivity index (χ2v) is 4.77. The maximum Gasteiger partial charge on any atom is 0.318 e. The van der Waals surface area contributed by atoms with E-state index in [9.17, 15) is 4.79 Å². The van der Waals surface area contributed by atoms with Crippen LogP contribution in [0.15, 0.2) is 17.5 Å². The van der Waals surface area contributed by atoms with Crippen molar-refractivity contribution in [2.45, 2.75) is 13.0 Å². The van der Waals surface area contributed by atoms with E-state index in [-0.39, 0.29) is 12.1 Å². The van der Waals surface area contributed by atoms with Crippen LogP contribution < -0.4 is 5.32 Å². The molecule has 1 aromatic rings. The maximum atomic E-state index is 11.9. The molecule has 1 N–H and O–H groups in total. The SMILES string of the molecule is CC(NC(=O)N1CCOCC1)c1cccs1. The molecule has 0 aromatic carbocycles. The van der Waals surface area contributed by atoms with Crippen molar-refractivity contribution >= 4 is 17.4 Å². The molecule has 1 fully saturated rings. The maximum absolute atomic E-state index is 11.9. The Labute approximate surface area is 99.2 Å². The molecular formula is C11H16N2O2S. The van der Waals surface area contributed by atoms with Crippen molar-refractivity contribution in [1.29, 1.82) is 0 Å². The van der Waals surface area contributed by atoms with Gasteiger partial charge in [-0.2, -0.15) is 0 Å². The van der Waals surface area contributed by atoms with Gasteiger partial charge in [-0.15, -0.1) is 11.3 Å². The quantitative estimate of drug-likeness (QED) is 0.857. The van der Waals surface area contributed by atoms with Crippen LogP contribution in [0.1, 0.15) is 17.8 Å². The van der Waals surface area contributed by atoms with Crippen LogP contribution in [-0.2, 0) is 4.74 Å². The lowest BCUT2D eigenvalue weighted by molar-refractivity contribution is 0.0526. The molecule has 0 bridgehead atoms. The van der Waals surface area contributed by atoms with E-state index < -0.39 is 0 Å². The lowest BCUT2D eigenvalue weighted by atomic mass is 10.3. The summed E-state index contributed by atoms with van der Waals surface area (Å²) >= 11 is 1.66. The lowest BCUT2D eigenvalue weighted by Gasteiger charge is -2.28. The summed E-state index contributed by atoms with van der Waals surface area (Å²) in [5.74, 6) is 0. The zero-order valence-electron chi connectivity index (χ0n) is 9.31. The molecule has 0 saturated carbocycles. The van der Waals surface area contributed by atoms with Crippen molar-refractivity contribution < 1.29 is 9.53 Å². The van der Waals surface area contributed by atoms with Gasteiger partial charge in [0.1, 0.15) is 0 Å². The summed E-state index contributed by atoms with van der Waals surface area (Å²) in [5.41, 5.74) is 0. The van der Waals surface area contributed by atoms with Crippen LogP contribution in [0.3, 0.4) is 0 Å². The number of nitrogens with zero attached hydrogens (tertiary/aromatic N) is 1. The summed E-state index contributed by atoms with van der Waals surface area (Å²) in [7, 11) is 0. The van der Waals surface area contributed by atoms with E-state index in [2.05, 4.69) is 5.32 Å². The average molecular weight is 240 g/mol. The van der Waals surface area contributed by atoms with Crippen molar-refractivity contribution in [2.24, 2.45) is 0 Å². The van der Waals surface area contributed by atoms with E-state index in [1.807, 2.05) is 24.4 Å². The highest BCUT2D eigenvalue weighted by Gasteiger charge is 2.18. The van der Waals surface area contributed by atoms with Crippen LogP contribution in [0.2, 0.25) is 0 Å². The molecule has 0 aliphatic carbocycles. The number of morpholine rings is 1. The molecule has 0 radical (unpaired) electrons. The number of hydrogen-bond donors (Lipinski definition) is 1. The number of carbonyl (C=O) groups excluding carboxylic acids is 1. The summed E-state index contributed by atoms with van der Waals surface area (Å²) in [5, 5.41) is 5.01. The highest BCUT2D eigenvalue weighted by atomic mass is 32.1. The molecule has 2 heterocycles. The van der Waals surface area contributed by atoms with Crippen LogP contribution in [0.4, 0.5) is 4.79 Å². The summed E-state index contributed by atoms with van der Waals surface area (Å²) in [6.45, 7) is 4.65. The van der Waals surface area contributed by atoms with Gasteiger partial charge in [0.2, 0.25) is 0 Å². The minimum absolute atomic E-state index is 0.00389. The topological polar surface area (TPSA) is 41.6 Å². The monoisotopic (exact) mass is 240 g/mol. The highest BCUT2D eigenvalue weighted by molar-refractivity contribution is 7.10. The third-order valence-corrected chi connectivity index (χ3v) is 3.66. The first-order valence-corrected chi connectivity index (χ1v) is 6.32. The fraction of sp³-hybridized carbons (Fsp3) is 0.545. The number of carbonyl (C=O) groups is 1. The number of ether oxygens (including phenoxy) is 1. The fourth-order valence-corrected chi connectivity index (χ4v) is 2.39. The third kappa shape index (κ3) is 2.74. The first kappa shape index (κ1) is 11.4. The van der Waals surface area contributed by atoms with Crippen molar-refractivity contribution in [3.8, 4) is 0 Å². The van der Waals surface area contributed by atoms with Gasteiger partial charge >= 0.3 is 6.03 Å². The van der Waals surface area contributed by atoms with Crippen molar-refractivity contribution in [3.05, 3.63) is 22.4 Å². The van der Waals surface area contributed by atoms with Crippen LogP contribution in [-0.4, -0.2) is 37.2 Å². The number of hydrogen-bond acceptors (Lipinski definition) is 3. The zero-order valence-corrected chi connectivity index (χ0v) is 10.1. The van der Waals surface area contributed by atoms with Gasteiger partial charge in [-0.05, 0) is 18.4 Å². The fourth-order valence-electron chi connectivity index (χ4n) is 1.65. The van der Waals surface area contributed by atoms with E-state index in [0.29, 0.717) is 26.3 Å². The van der Waals surface area contributed by atoms with Gasteiger partial charge in [0.05, 0.1) is 19.3 Å². The molecule has 88 valence electrons. The third-order valence-electron chi connectivity index (χ3n) is 2.61. The number of nitrogens with one attached hydrogen (secondary N) is 1. The minimum atomic E-state index is 0.00389. The number of urea groups is 1. The molecule has 1 aliphatic rings. The van der Waals surface area contributed by atoms with E-state index in [4.69, 9.17) is 4.74 Å². The molecule has 1 atom stereocenters. The largest absolute Gasteiger partial charge is 0.378 e. The number of amides is 2. The molecule has 1 aromatic heterocycles. The Kier molecular flexibility index (Phi) is 3.79. The Morgan fingerprint density at radius 3 is 2.94 bits per heavy atom. The average Bonchev–Trinajstić information content (AvgIpc) is 2.83. The molecule has 1 unspecified atom stereocenters. The first-order chi connectivity index (χ1) is 7.77. The van der Waals surface area contributed by atoms with E-state index >= 15 is 0 Å². The van der Waals surface area contributed by atoms with Crippen LogP contribution >= 0.6 is 11.3 Å². The molecule has 16 heavy (non-hydrogen) atoms. The minimum Gasteiger partial charge on any atom is -0.378 e. The molecule has 1 aliphatic heterocycles. The Morgan fingerprint density at radius 2 is 2.31 bits per heavy atom. The highest BCUT2D eigenvalue weighted by Crippen LogP contribution is 2.18. The van der Waals surface area contributed by atoms with Gasteiger partial charge in [-0.1, -0.05) is 6.07 Å². The Balaban J connectivity index is 1.86. The van der Waals surface area contributed by atoms with Crippen LogP contribution in [0.5, 0.6) is 0 Å². The number of rotatable bonds is 2. The van der Waals surface area contributed by atoms with E-state index in [0.717, 1.165) is 0 Å². The van der Waals surface area contributed by atoms with Crippen LogP contribution in [0, 0.1) is 0 Å². The smallest absolute Gasteiger partial charge is 0.318 e. The zero-order chi connectivity index (χ0) is 11.4. The molecule has 5 heteroatoms. The Morgan fingerprint density at radius 1 is 1.56 bits per heavy atom. The van der Waals surface area contributed by atoms with Crippen LogP contribution in [0.25, 0.3) is 0 Å². The molecule has 0 spiro atoms. The summed E-state index contributed by atoms with van der Waals surface area (Å²) in [6, 6.07) is 4.12. The first-order valence-electron chi connectivity index (χ1n) is 5.44. The van der Waals surface area contributed by atoms with Gasteiger partial charge < -0.3 is 15.0 Å². The summed E-state index contributed by atoms with van der Waals surface area (Å²) in [4.78, 5) is 14.8. The second kappa shape index (κ2) is 5.32. The standard InChI is InChI=1S/C11H16N2O2S/c1-9(10-3-2-8-16-10)12-11(14)13-4-6-15-7-5-13/h2-3,8-9H,4-7H2,1H3,(H,12,14). The second-order valence-electron chi connectivity index (χ2n) is 3.79. The number of thiophene rings is 1. The van der Waals surface area contributed by atoms with Gasteiger partial charge in [0, 0.05) is 18.0 Å². The lowest BCUT2D eigenvalue weighted by Crippen LogP contribution is -2.46. The Hall–Kier alpha value is -1.07. The van der Waals surface area contributed by atoms with E-state index in [1.54, 1.807) is 16.2 Å². The van der Waals surface area contributed by atoms with Gasteiger partial charge in [-0.25, -0.2) is 4.79 Å². The Bertz CT molecular complexity index is 334. The molecular weight excluding hydrogens is 224 g/mol. The van der Waals surface area contributed by atoms with E-state index in [1.165, 1.54) is 4.88 Å². The molecule has 2 amide bonds. The summed E-state index contributed by atoms with van der Waals surface area (Å²) in [6.07, 6.45) is 0. The van der Waals surface area contributed by atoms with Crippen molar-refractivity contribution in [1.82, 2.24) is 10.2 Å². The molecule has 2 rings (SSSR count).